The quantitative estimate of drug-likeness (QED) is 0.787. The van der Waals surface area contributed by atoms with Crippen LogP contribution in [0.3, 0.4) is 0 Å². The Morgan fingerprint density at radius 1 is 1.39 bits per heavy atom. The molecule has 2 fully saturated rings. The molecule has 23 heavy (non-hydrogen) atoms. The van der Waals surface area contributed by atoms with Crippen molar-refractivity contribution in [2.75, 3.05) is 18.1 Å². The summed E-state index contributed by atoms with van der Waals surface area (Å²) in [5.41, 5.74) is 0.155. The van der Waals surface area contributed by atoms with E-state index in [2.05, 4.69) is 0 Å². The number of carbonyl (C=O) groups is 2. The maximum Gasteiger partial charge on any atom is 0.415 e. The fraction of sp³-hybridized carbons (Fsp3) is 0.529. The minimum atomic E-state index is -0.515. The van der Waals surface area contributed by atoms with Crippen LogP contribution in [0.2, 0.25) is 5.02 Å². The van der Waals surface area contributed by atoms with E-state index in [4.69, 9.17) is 21.1 Å². The summed E-state index contributed by atoms with van der Waals surface area (Å²) in [6.07, 6.45) is 2.34. The van der Waals surface area contributed by atoms with Crippen LogP contribution in [-0.2, 0) is 14.3 Å². The number of amides is 1. The average Bonchev–Trinajstić information content (AvgIpc) is 2.85. The van der Waals surface area contributed by atoms with Crippen molar-refractivity contribution in [1.29, 1.82) is 0 Å². The van der Waals surface area contributed by atoms with E-state index in [1.54, 1.807) is 11.0 Å². The first-order valence-corrected chi connectivity index (χ1v) is 8.34. The number of halogens is 1. The van der Waals surface area contributed by atoms with E-state index >= 15 is 0 Å². The van der Waals surface area contributed by atoms with Gasteiger partial charge < -0.3 is 9.47 Å². The summed E-state index contributed by atoms with van der Waals surface area (Å²) in [5, 5.41) is 0.529. The summed E-state index contributed by atoms with van der Waals surface area (Å²) in [6.45, 7) is 2.68. The fourth-order valence-corrected chi connectivity index (χ4v) is 3.62. The number of carbonyl (C=O) groups excluding carboxylic acids is 2. The van der Waals surface area contributed by atoms with Gasteiger partial charge in [-0.15, -0.1) is 0 Å². The second-order valence-electron chi connectivity index (χ2n) is 6.11. The van der Waals surface area contributed by atoms with Crippen molar-refractivity contribution in [2.24, 2.45) is 5.92 Å². The van der Waals surface area contributed by atoms with Gasteiger partial charge in [0.2, 0.25) is 0 Å². The lowest BCUT2D eigenvalue weighted by molar-refractivity contribution is -0.150. The molecule has 124 valence electrons. The summed E-state index contributed by atoms with van der Waals surface area (Å²) in [4.78, 5) is 25.7. The van der Waals surface area contributed by atoms with Gasteiger partial charge in [0.25, 0.3) is 0 Å². The van der Waals surface area contributed by atoms with E-state index in [1.807, 2.05) is 25.1 Å². The molecule has 1 aromatic carbocycles. The average molecular weight is 338 g/mol. The standard InChI is InChI=1S/C17H20ClNO4/c1-2-22-15(20)12-7-9-17(10-8-12)11-19(16(21)23-17)14-6-4-3-5-13(14)18/h3-6,12H,2,7-11H2,1H3/t12-,17-. The SMILES string of the molecule is CCOC(=O)[C@H]1CC[C@]2(CC1)CN(c1ccccc1Cl)C(=O)O2. The number of esters is 1. The predicted octanol–water partition coefficient (Wildman–Crippen LogP) is 3.79. The normalized spacial score (nSPS) is 27.1. The van der Waals surface area contributed by atoms with Crippen molar-refractivity contribution in [3.05, 3.63) is 29.3 Å². The molecule has 2 aliphatic rings. The maximum absolute atomic E-state index is 12.3. The van der Waals surface area contributed by atoms with Gasteiger partial charge in [-0.1, -0.05) is 23.7 Å². The van der Waals surface area contributed by atoms with Crippen molar-refractivity contribution in [2.45, 2.75) is 38.2 Å². The van der Waals surface area contributed by atoms with Gasteiger partial charge in [0, 0.05) is 0 Å². The smallest absolute Gasteiger partial charge is 0.415 e. The molecule has 0 aromatic heterocycles. The van der Waals surface area contributed by atoms with Gasteiger partial charge in [-0.05, 0) is 44.7 Å². The topological polar surface area (TPSA) is 55.8 Å². The first-order valence-electron chi connectivity index (χ1n) is 7.96. The maximum atomic E-state index is 12.3. The van der Waals surface area contributed by atoms with Crippen LogP contribution in [0.25, 0.3) is 0 Å². The molecule has 0 bridgehead atoms. The Hall–Kier alpha value is -1.75. The van der Waals surface area contributed by atoms with Gasteiger partial charge in [-0.25, -0.2) is 4.79 Å². The molecule has 0 unspecified atom stereocenters. The monoisotopic (exact) mass is 337 g/mol. The number of hydrogen-bond acceptors (Lipinski definition) is 4. The van der Waals surface area contributed by atoms with Crippen molar-refractivity contribution < 1.29 is 19.1 Å². The zero-order chi connectivity index (χ0) is 16.4. The lowest BCUT2D eigenvalue weighted by Gasteiger charge is -2.34. The van der Waals surface area contributed by atoms with Crippen molar-refractivity contribution in [3.63, 3.8) is 0 Å². The number of hydrogen-bond donors (Lipinski definition) is 0. The molecule has 1 amide bonds. The highest BCUT2D eigenvalue weighted by molar-refractivity contribution is 6.33. The molecule has 1 saturated carbocycles. The third-order valence-electron chi connectivity index (χ3n) is 4.63. The van der Waals surface area contributed by atoms with E-state index in [0.29, 0.717) is 49.5 Å². The first-order chi connectivity index (χ1) is 11.0. The zero-order valence-corrected chi connectivity index (χ0v) is 13.8. The first kappa shape index (κ1) is 16.1. The van der Waals surface area contributed by atoms with Crippen LogP contribution in [0.4, 0.5) is 10.5 Å². The fourth-order valence-electron chi connectivity index (χ4n) is 3.38. The Balaban J connectivity index is 1.69. The van der Waals surface area contributed by atoms with E-state index in [9.17, 15) is 9.59 Å². The molecule has 6 heteroatoms. The van der Waals surface area contributed by atoms with Gasteiger partial charge in [-0.2, -0.15) is 0 Å². The van der Waals surface area contributed by atoms with E-state index in [-0.39, 0.29) is 18.0 Å². The number of nitrogens with zero attached hydrogens (tertiary/aromatic N) is 1. The summed E-state index contributed by atoms with van der Waals surface area (Å²) in [5.74, 6) is -0.233. The summed E-state index contributed by atoms with van der Waals surface area (Å²) >= 11 is 6.19. The molecule has 1 heterocycles. The van der Waals surface area contributed by atoms with E-state index < -0.39 is 5.60 Å². The molecule has 1 aliphatic carbocycles. The lowest BCUT2D eigenvalue weighted by atomic mass is 9.78. The zero-order valence-electron chi connectivity index (χ0n) is 13.1. The molecule has 3 rings (SSSR count). The van der Waals surface area contributed by atoms with Gasteiger partial charge in [0.05, 0.1) is 29.8 Å². The Kier molecular flexibility index (Phi) is 4.48. The third-order valence-corrected chi connectivity index (χ3v) is 4.95. The Morgan fingerprint density at radius 3 is 2.74 bits per heavy atom. The van der Waals surface area contributed by atoms with Crippen LogP contribution >= 0.6 is 11.6 Å². The van der Waals surface area contributed by atoms with Crippen LogP contribution in [0, 0.1) is 5.92 Å². The van der Waals surface area contributed by atoms with Crippen LogP contribution in [-0.4, -0.2) is 30.8 Å². The molecule has 0 N–H and O–H groups in total. The van der Waals surface area contributed by atoms with Crippen LogP contribution in [0.1, 0.15) is 32.6 Å². The Labute approximate surface area is 140 Å². The second-order valence-corrected chi connectivity index (χ2v) is 6.52. The number of para-hydroxylation sites is 1. The molecule has 0 atom stereocenters. The number of anilines is 1. The largest absolute Gasteiger partial charge is 0.466 e. The van der Waals surface area contributed by atoms with Crippen molar-refractivity contribution in [3.8, 4) is 0 Å². The number of rotatable bonds is 3. The van der Waals surface area contributed by atoms with E-state index in [0.717, 1.165) is 0 Å². The molecule has 5 nitrogen and oxygen atoms in total. The molecular weight excluding hydrogens is 318 g/mol. The highest BCUT2D eigenvalue weighted by atomic mass is 35.5. The molecule has 0 radical (unpaired) electrons. The van der Waals surface area contributed by atoms with Crippen LogP contribution < -0.4 is 4.90 Å². The Bertz CT molecular complexity index is 610. The van der Waals surface area contributed by atoms with Gasteiger partial charge >= 0.3 is 12.1 Å². The molecule has 1 spiro atoms. The summed E-state index contributed by atoms with van der Waals surface area (Å²) < 4.78 is 10.8. The van der Waals surface area contributed by atoms with E-state index in [1.165, 1.54) is 0 Å². The van der Waals surface area contributed by atoms with Crippen molar-refractivity contribution >= 4 is 29.4 Å². The van der Waals surface area contributed by atoms with Gasteiger partial charge in [-0.3, -0.25) is 9.69 Å². The third kappa shape index (κ3) is 3.15. The van der Waals surface area contributed by atoms with Gasteiger partial charge in [0.15, 0.2) is 0 Å². The predicted molar refractivity (Wildman–Crippen MR) is 86.6 cm³/mol. The highest BCUT2D eigenvalue weighted by Crippen LogP contribution is 2.42. The van der Waals surface area contributed by atoms with Gasteiger partial charge in [0.1, 0.15) is 5.60 Å². The summed E-state index contributed by atoms with van der Waals surface area (Å²) in [6, 6.07) is 7.24. The number of ether oxygens (including phenoxy) is 2. The summed E-state index contributed by atoms with van der Waals surface area (Å²) in [7, 11) is 0. The molecule has 1 aliphatic heterocycles. The second kappa shape index (κ2) is 6.40. The highest BCUT2D eigenvalue weighted by Gasteiger charge is 2.49. The minimum Gasteiger partial charge on any atom is -0.466 e. The number of benzene rings is 1. The lowest BCUT2D eigenvalue weighted by Crippen LogP contribution is -2.40. The van der Waals surface area contributed by atoms with Crippen LogP contribution in [0.5, 0.6) is 0 Å². The van der Waals surface area contributed by atoms with Crippen molar-refractivity contribution in [1.82, 2.24) is 0 Å². The minimum absolute atomic E-state index is 0.0892. The molecule has 1 aromatic rings. The molecular formula is C17H20ClNO4. The van der Waals surface area contributed by atoms with Crippen LogP contribution in [0.15, 0.2) is 24.3 Å². The Morgan fingerprint density at radius 2 is 2.09 bits per heavy atom. The molecule has 1 saturated heterocycles.